The van der Waals surface area contributed by atoms with Crippen molar-refractivity contribution in [2.75, 3.05) is 13.1 Å². The largest absolute Gasteiger partial charge is 0.478 e. The summed E-state index contributed by atoms with van der Waals surface area (Å²) in [5.41, 5.74) is 2.91. The van der Waals surface area contributed by atoms with Crippen LogP contribution in [0.25, 0.3) is 33.5 Å². The van der Waals surface area contributed by atoms with Gasteiger partial charge in [0.2, 0.25) is 0 Å². The molecule has 7 rings (SSSR count). The molecule has 3 heterocycles. The highest BCUT2D eigenvalue weighted by atomic mass is 19.1. The molecule has 40 heavy (non-hydrogen) atoms. The molecule has 8 nitrogen and oxygen atoms in total. The number of carboxylic acid groups (broad SMARTS) is 1. The lowest BCUT2D eigenvalue weighted by atomic mass is 10.0. The van der Waals surface area contributed by atoms with Crippen molar-refractivity contribution in [1.82, 2.24) is 19.2 Å². The van der Waals surface area contributed by atoms with Crippen molar-refractivity contribution >= 4 is 33.9 Å². The molecule has 1 aliphatic carbocycles. The minimum atomic E-state index is -1.20. The number of hydrogen-bond acceptors (Lipinski definition) is 5. The third-order valence-corrected chi connectivity index (χ3v) is 7.81. The summed E-state index contributed by atoms with van der Waals surface area (Å²) in [5, 5.41) is 12.2. The van der Waals surface area contributed by atoms with Crippen LogP contribution in [0.4, 0.5) is 4.39 Å². The molecule has 0 atom stereocenters. The second kappa shape index (κ2) is 9.60. The van der Waals surface area contributed by atoms with Crippen LogP contribution in [0.1, 0.15) is 33.6 Å². The fourth-order valence-electron chi connectivity index (χ4n) is 5.58. The molecule has 5 aromatic rings. The number of rotatable bonds is 8. The number of para-hydroxylation sites is 1. The lowest BCUT2D eigenvalue weighted by Crippen LogP contribution is -2.49. The van der Waals surface area contributed by atoms with Crippen LogP contribution >= 0.6 is 0 Å². The predicted octanol–water partition coefficient (Wildman–Crippen LogP) is 5.61. The van der Waals surface area contributed by atoms with Crippen LogP contribution < -0.4 is 0 Å². The highest BCUT2D eigenvalue weighted by Crippen LogP contribution is 2.37. The summed E-state index contributed by atoms with van der Waals surface area (Å²) in [4.78, 5) is 34.5. The Kier molecular flexibility index (Phi) is 5.89. The average Bonchev–Trinajstić information content (AvgIpc) is 3.58. The number of fused-ring (bicyclic) bond motifs is 2. The topological polar surface area (TPSA) is 89.6 Å². The van der Waals surface area contributed by atoms with E-state index in [0.717, 1.165) is 29.2 Å². The fourth-order valence-corrected chi connectivity index (χ4v) is 5.58. The second-order valence-corrected chi connectivity index (χ2v) is 10.8. The smallest absolute Gasteiger partial charge is 0.357 e. The molecule has 2 aliphatic rings. The number of carboxylic acids is 1. The van der Waals surface area contributed by atoms with Crippen LogP contribution in [0.2, 0.25) is 0 Å². The summed E-state index contributed by atoms with van der Waals surface area (Å²) in [5.74, 6) is -0.945. The number of benzene rings is 3. The quantitative estimate of drug-likeness (QED) is 0.276. The van der Waals surface area contributed by atoms with Gasteiger partial charge in [0.1, 0.15) is 11.3 Å². The Labute approximate surface area is 229 Å². The number of imidazole rings is 1. The van der Waals surface area contributed by atoms with Gasteiger partial charge in [0.25, 0.3) is 0 Å². The molecule has 0 amide bonds. The molecule has 1 aliphatic heterocycles. The van der Waals surface area contributed by atoms with Crippen LogP contribution in [0, 0.1) is 17.7 Å². The second-order valence-electron chi connectivity index (χ2n) is 10.8. The SMILES string of the molecule is O=C(O)c1cc(F)c2c(c1)nc(-c1cc3ccccc3n1CC1CC1)n2CC1CN(OC(=O)c2ccccc2)C1. The fraction of sp³-hybridized carbons (Fsp3) is 0.258. The van der Waals surface area contributed by atoms with E-state index in [2.05, 4.69) is 22.8 Å². The molecule has 0 radical (unpaired) electrons. The van der Waals surface area contributed by atoms with Gasteiger partial charge in [0, 0.05) is 43.0 Å². The van der Waals surface area contributed by atoms with Gasteiger partial charge in [-0.15, -0.1) is 5.06 Å². The van der Waals surface area contributed by atoms with E-state index in [1.54, 1.807) is 29.3 Å². The van der Waals surface area contributed by atoms with E-state index in [0.29, 0.717) is 42.5 Å². The molecule has 0 unspecified atom stereocenters. The molecule has 2 aromatic heterocycles. The molecule has 3 aromatic carbocycles. The van der Waals surface area contributed by atoms with Crippen LogP contribution in [0.15, 0.2) is 72.8 Å². The van der Waals surface area contributed by atoms with E-state index in [1.165, 1.54) is 18.9 Å². The van der Waals surface area contributed by atoms with E-state index in [9.17, 15) is 14.7 Å². The van der Waals surface area contributed by atoms with Gasteiger partial charge in [-0.25, -0.2) is 19.0 Å². The van der Waals surface area contributed by atoms with Crippen molar-refractivity contribution in [2.24, 2.45) is 11.8 Å². The highest BCUT2D eigenvalue weighted by molar-refractivity contribution is 5.94. The Hall–Kier alpha value is -4.50. The summed E-state index contributed by atoms with van der Waals surface area (Å²) in [6.07, 6.45) is 2.36. The Morgan fingerprint density at radius 1 is 0.900 bits per heavy atom. The van der Waals surface area contributed by atoms with E-state index in [-0.39, 0.29) is 17.0 Å². The van der Waals surface area contributed by atoms with Crippen molar-refractivity contribution in [1.29, 1.82) is 0 Å². The molecule has 9 heteroatoms. The number of aromatic nitrogens is 3. The Morgan fingerprint density at radius 2 is 1.62 bits per heavy atom. The summed E-state index contributed by atoms with van der Waals surface area (Å²) in [6.45, 7) is 2.29. The Morgan fingerprint density at radius 3 is 2.38 bits per heavy atom. The molecule has 2 fully saturated rings. The first-order valence-electron chi connectivity index (χ1n) is 13.5. The van der Waals surface area contributed by atoms with Crippen LogP contribution in [-0.2, 0) is 17.9 Å². The van der Waals surface area contributed by atoms with Crippen molar-refractivity contribution in [2.45, 2.75) is 25.9 Å². The predicted molar refractivity (Wildman–Crippen MR) is 147 cm³/mol. The minimum absolute atomic E-state index is 0.0829. The maximum atomic E-state index is 15.5. The first kappa shape index (κ1) is 24.5. The normalized spacial score (nSPS) is 15.9. The number of hydrogen-bond donors (Lipinski definition) is 1. The summed E-state index contributed by atoms with van der Waals surface area (Å²) in [6, 6.07) is 21.5. The monoisotopic (exact) mass is 538 g/mol. The number of hydroxylamine groups is 2. The third kappa shape index (κ3) is 4.42. The van der Waals surface area contributed by atoms with Crippen LogP contribution in [-0.4, -0.2) is 49.3 Å². The summed E-state index contributed by atoms with van der Waals surface area (Å²) >= 11 is 0. The number of carbonyl (C=O) groups excluding carboxylic acids is 1. The highest BCUT2D eigenvalue weighted by Gasteiger charge is 2.33. The Bertz CT molecular complexity index is 1770. The third-order valence-electron chi connectivity index (χ3n) is 7.81. The molecular weight excluding hydrogens is 511 g/mol. The molecule has 202 valence electrons. The first-order valence-corrected chi connectivity index (χ1v) is 13.5. The number of aromatic carboxylic acids is 1. The zero-order valence-corrected chi connectivity index (χ0v) is 21.7. The van der Waals surface area contributed by atoms with Gasteiger partial charge in [-0.2, -0.15) is 0 Å². The van der Waals surface area contributed by atoms with E-state index in [1.807, 2.05) is 22.8 Å². The maximum Gasteiger partial charge on any atom is 0.357 e. The van der Waals surface area contributed by atoms with Crippen molar-refractivity contribution in [3.8, 4) is 11.5 Å². The van der Waals surface area contributed by atoms with Gasteiger partial charge < -0.3 is 19.1 Å². The number of nitrogens with zero attached hydrogens (tertiary/aromatic N) is 4. The van der Waals surface area contributed by atoms with Gasteiger partial charge in [-0.3, -0.25) is 0 Å². The van der Waals surface area contributed by atoms with Crippen LogP contribution in [0.5, 0.6) is 0 Å². The minimum Gasteiger partial charge on any atom is -0.478 e. The maximum absolute atomic E-state index is 15.5. The molecule has 1 saturated heterocycles. The van der Waals surface area contributed by atoms with Crippen molar-refractivity contribution < 1.29 is 23.9 Å². The van der Waals surface area contributed by atoms with Gasteiger partial charge in [-0.1, -0.05) is 36.4 Å². The van der Waals surface area contributed by atoms with Gasteiger partial charge in [-0.05, 0) is 55.2 Å². The van der Waals surface area contributed by atoms with E-state index >= 15 is 4.39 Å². The van der Waals surface area contributed by atoms with Gasteiger partial charge >= 0.3 is 11.9 Å². The van der Waals surface area contributed by atoms with E-state index in [4.69, 9.17) is 9.82 Å². The first-order chi connectivity index (χ1) is 19.4. The number of carbonyl (C=O) groups is 2. The standard InChI is InChI=1S/C31H27FN4O4/c32-24-12-23(30(37)38)13-25-28(24)36(18-20-15-34(16-20)40-31(39)21-6-2-1-3-7-21)29(33-25)27-14-22-8-4-5-9-26(22)35(27)17-19-10-11-19/h1-9,12-14,19-20H,10-11,15-18H2,(H,37,38). The van der Waals surface area contributed by atoms with Gasteiger partial charge in [0.15, 0.2) is 5.82 Å². The lowest BCUT2D eigenvalue weighted by molar-refractivity contribution is -0.175. The summed E-state index contributed by atoms with van der Waals surface area (Å²) < 4.78 is 19.6. The number of halogens is 1. The average molecular weight is 539 g/mol. The molecule has 1 N–H and O–H groups in total. The zero-order chi connectivity index (χ0) is 27.4. The molecule has 0 spiro atoms. The summed E-state index contributed by atoms with van der Waals surface area (Å²) in [7, 11) is 0. The van der Waals surface area contributed by atoms with Crippen molar-refractivity contribution in [3.63, 3.8) is 0 Å². The lowest BCUT2D eigenvalue weighted by Gasteiger charge is -2.37. The van der Waals surface area contributed by atoms with Crippen LogP contribution in [0.3, 0.4) is 0 Å². The zero-order valence-electron chi connectivity index (χ0n) is 21.7. The Balaban J connectivity index is 1.25. The van der Waals surface area contributed by atoms with Gasteiger partial charge in [0.05, 0.1) is 22.3 Å². The molecule has 1 saturated carbocycles. The van der Waals surface area contributed by atoms with E-state index < -0.39 is 17.8 Å². The van der Waals surface area contributed by atoms with Crippen molar-refractivity contribution in [3.05, 3.63) is 89.7 Å². The molecular formula is C31H27FN4O4. The molecule has 0 bridgehead atoms.